The smallest absolute Gasteiger partial charge is 0.259 e. The summed E-state index contributed by atoms with van der Waals surface area (Å²) in [7, 11) is 0. The Labute approximate surface area is 175 Å². The average Bonchev–Trinajstić information content (AvgIpc) is 3.53. The topological polar surface area (TPSA) is 79.5 Å². The fourth-order valence-electron chi connectivity index (χ4n) is 5.29. The molecule has 2 aromatic carbocycles. The first-order valence-electron chi connectivity index (χ1n) is 10.6. The predicted molar refractivity (Wildman–Crippen MR) is 113 cm³/mol. The molecule has 2 aliphatic rings. The first-order valence-corrected chi connectivity index (χ1v) is 10.6. The number of rotatable bonds is 5. The van der Waals surface area contributed by atoms with Crippen molar-refractivity contribution in [1.29, 1.82) is 0 Å². The Morgan fingerprint density at radius 2 is 1.93 bits per heavy atom. The number of aliphatic hydroxyl groups excluding tert-OH is 1. The van der Waals surface area contributed by atoms with Crippen molar-refractivity contribution in [3.63, 3.8) is 0 Å². The molecule has 5 rings (SSSR count). The SMILES string of the molecule is CC[C@]1(CO)C[C@H]2CC[C@@H]1N2C(=O)c1ccccc1-c1nc(-c2ccccc2)no1. The van der Waals surface area contributed by atoms with Crippen LogP contribution in [0.5, 0.6) is 0 Å². The van der Waals surface area contributed by atoms with Gasteiger partial charge in [-0.3, -0.25) is 4.79 Å². The van der Waals surface area contributed by atoms with Gasteiger partial charge in [-0.15, -0.1) is 0 Å². The van der Waals surface area contributed by atoms with E-state index in [1.807, 2.05) is 59.5 Å². The standard InChI is InChI=1S/C24H25N3O3/c1-2-24(15-28)14-17-12-13-20(24)27(17)23(29)19-11-7-6-10-18(19)22-25-21(26-30-22)16-8-4-3-5-9-16/h3-11,17,20,28H,2,12-15H2,1H3/t17-,20+,24-/m1/s1. The summed E-state index contributed by atoms with van der Waals surface area (Å²) >= 11 is 0. The van der Waals surface area contributed by atoms with Gasteiger partial charge in [0.15, 0.2) is 0 Å². The van der Waals surface area contributed by atoms with E-state index in [9.17, 15) is 9.90 Å². The van der Waals surface area contributed by atoms with Crippen LogP contribution in [0.25, 0.3) is 22.8 Å². The Hall–Kier alpha value is -2.99. The van der Waals surface area contributed by atoms with Crippen LogP contribution in [-0.4, -0.2) is 44.7 Å². The van der Waals surface area contributed by atoms with Crippen LogP contribution < -0.4 is 0 Å². The van der Waals surface area contributed by atoms with Crippen molar-refractivity contribution in [2.75, 3.05) is 6.61 Å². The summed E-state index contributed by atoms with van der Waals surface area (Å²) in [4.78, 5) is 20.2. The maximum Gasteiger partial charge on any atom is 0.259 e. The molecule has 1 amide bonds. The molecule has 154 valence electrons. The van der Waals surface area contributed by atoms with E-state index in [4.69, 9.17) is 4.52 Å². The lowest BCUT2D eigenvalue weighted by Crippen LogP contribution is -2.42. The van der Waals surface area contributed by atoms with Crippen LogP contribution in [0.3, 0.4) is 0 Å². The van der Waals surface area contributed by atoms with Gasteiger partial charge >= 0.3 is 0 Å². The zero-order valence-electron chi connectivity index (χ0n) is 17.0. The lowest BCUT2D eigenvalue weighted by atomic mass is 9.72. The molecule has 2 saturated heterocycles. The van der Waals surface area contributed by atoms with E-state index in [0.717, 1.165) is 31.2 Å². The minimum atomic E-state index is -0.182. The van der Waals surface area contributed by atoms with Gasteiger partial charge in [0.25, 0.3) is 11.8 Å². The fourth-order valence-corrected chi connectivity index (χ4v) is 5.29. The van der Waals surface area contributed by atoms with E-state index in [-0.39, 0.29) is 30.0 Å². The summed E-state index contributed by atoms with van der Waals surface area (Å²) in [6, 6.07) is 17.3. The van der Waals surface area contributed by atoms with Crippen molar-refractivity contribution >= 4 is 5.91 Å². The van der Waals surface area contributed by atoms with Crippen LogP contribution in [-0.2, 0) is 0 Å². The molecule has 30 heavy (non-hydrogen) atoms. The van der Waals surface area contributed by atoms with Crippen LogP contribution in [0, 0.1) is 5.41 Å². The molecule has 3 aromatic rings. The molecule has 1 N–H and O–H groups in total. The third kappa shape index (κ3) is 2.86. The Bertz CT molecular complexity index is 1060. The molecule has 6 heteroatoms. The summed E-state index contributed by atoms with van der Waals surface area (Å²) in [5, 5.41) is 14.2. The number of amides is 1. The van der Waals surface area contributed by atoms with Crippen LogP contribution in [0.2, 0.25) is 0 Å². The maximum atomic E-state index is 13.7. The molecule has 0 spiro atoms. The van der Waals surface area contributed by atoms with E-state index in [1.54, 1.807) is 0 Å². The molecule has 0 unspecified atom stereocenters. The Morgan fingerprint density at radius 3 is 2.67 bits per heavy atom. The van der Waals surface area contributed by atoms with Crippen LogP contribution in [0.4, 0.5) is 0 Å². The van der Waals surface area contributed by atoms with Crippen molar-refractivity contribution in [2.24, 2.45) is 5.41 Å². The van der Waals surface area contributed by atoms with E-state index in [2.05, 4.69) is 17.1 Å². The first-order chi connectivity index (χ1) is 14.7. The number of aliphatic hydroxyl groups is 1. The Morgan fingerprint density at radius 1 is 1.17 bits per heavy atom. The van der Waals surface area contributed by atoms with E-state index < -0.39 is 0 Å². The number of aromatic nitrogens is 2. The molecule has 0 saturated carbocycles. The highest BCUT2D eigenvalue weighted by atomic mass is 16.5. The molecule has 0 radical (unpaired) electrons. The molecule has 0 aliphatic carbocycles. The van der Waals surface area contributed by atoms with Gasteiger partial charge in [-0.2, -0.15) is 4.98 Å². The minimum Gasteiger partial charge on any atom is -0.396 e. The second kappa shape index (κ2) is 7.36. The fraction of sp³-hybridized carbons (Fsp3) is 0.375. The van der Waals surface area contributed by atoms with Gasteiger partial charge in [0.2, 0.25) is 5.82 Å². The largest absolute Gasteiger partial charge is 0.396 e. The molecule has 1 aromatic heterocycles. The number of carbonyl (C=O) groups excluding carboxylic acids is 1. The minimum absolute atomic E-state index is 0.0127. The Balaban J connectivity index is 1.49. The van der Waals surface area contributed by atoms with Gasteiger partial charge < -0.3 is 14.5 Å². The summed E-state index contributed by atoms with van der Waals surface area (Å²) in [6.07, 6.45) is 3.70. The number of carbonyl (C=O) groups is 1. The molecule has 2 bridgehead atoms. The highest BCUT2D eigenvalue weighted by Crippen LogP contribution is 2.52. The summed E-state index contributed by atoms with van der Waals surface area (Å²) in [5.74, 6) is 0.828. The number of nitrogens with zero attached hydrogens (tertiary/aromatic N) is 3. The molecule has 2 aliphatic heterocycles. The highest BCUT2D eigenvalue weighted by Gasteiger charge is 2.56. The molecule has 6 nitrogen and oxygen atoms in total. The molecular weight excluding hydrogens is 378 g/mol. The average molecular weight is 403 g/mol. The van der Waals surface area contributed by atoms with Gasteiger partial charge in [-0.25, -0.2) is 0 Å². The van der Waals surface area contributed by atoms with Crippen molar-refractivity contribution < 1.29 is 14.4 Å². The Kier molecular flexibility index (Phi) is 4.66. The normalized spacial score (nSPS) is 25.1. The third-order valence-electron chi connectivity index (χ3n) is 6.95. The zero-order chi connectivity index (χ0) is 20.7. The van der Waals surface area contributed by atoms with Gasteiger partial charge in [-0.05, 0) is 37.8 Å². The van der Waals surface area contributed by atoms with Crippen molar-refractivity contribution in [3.8, 4) is 22.8 Å². The lowest BCUT2D eigenvalue weighted by Gasteiger charge is -2.34. The first kappa shape index (κ1) is 19.0. The van der Waals surface area contributed by atoms with Gasteiger partial charge in [-0.1, -0.05) is 54.5 Å². The monoisotopic (exact) mass is 403 g/mol. The highest BCUT2D eigenvalue weighted by molar-refractivity contribution is 6.00. The zero-order valence-corrected chi connectivity index (χ0v) is 17.0. The number of hydrogen-bond acceptors (Lipinski definition) is 5. The predicted octanol–water partition coefficient (Wildman–Crippen LogP) is 4.17. The van der Waals surface area contributed by atoms with Gasteiger partial charge in [0, 0.05) is 23.1 Å². The van der Waals surface area contributed by atoms with Crippen molar-refractivity contribution in [1.82, 2.24) is 15.0 Å². The maximum absolute atomic E-state index is 13.7. The number of hydrogen-bond donors (Lipinski definition) is 1. The number of benzene rings is 2. The molecule has 3 heterocycles. The second-order valence-electron chi connectivity index (χ2n) is 8.37. The summed E-state index contributed by atoms with van der Waals surface area (Å²) in [5.41, 5.74) is 1.90. The second-order valence-corrected chi connectivity index (χ2v) is 8.37. The van der Waals surface area contributed by atoms with Crippen molar-refractivity contribution in [3.05, 3.63) is 60.2 Å². The molecular formula is C24H25N3O3. The van der Waals surface area contributed by atoms with Crippen LogP contribution in [0.15, 0.2) is 59.1 Å². The van der Waals surface area contributed by atoms with E-state index >= 15 is 0 Å². The quantitative estimate of drug-likeness (QED) is 0.692. The van der Waals surface area contributed by atoms with E-state index in [1.165, 1.54) is 0 Å². The molecule has 2 fully saturated rings. The van der Waals surface area contributed by atoms with Crippen LogP contribution in [0.1, 0.15) is 43.0 Å². The van der Waals surface area contributed by atoms with Gasteiger partial charge in [0.05, 0.1) is 17.7 Å². The summed E-state index contributed by atoms with van der Waals surface area (Å²) in [6.45, 7) is 2.23. The van der Waals surface area contributed by atoms with Crippen LogP contribution >= 0.6 is 0 Å². The summed E-state index contributed by atoms with van der Waals surface area (Å²) < 4.78 is 5.54. The van der Waals surface area contributed by atoms with Crippen molar-refractivity contribution in [2.45, 2.75) is 44.7 Å². The number of fused-ring (bicyclic) bond motifs is 2. The molecule has 3 atom stereocenters. The van der Waals surface area contributed by atoms with E-state index in [0.29, 0.717) is 22.8 Å². The third-order valence-corrected chi connectivity index (χ3v) is 6.95. The van der Waals surface area contributed by atoms with Gasteiger partial charge in [0.1, 0.15) is 0 Å². The lowest BCUT2D eigenvalue weighted by molar-refractivity contribution is 0.0557.